The van der Waals surface area contributed by atoms with Gasteiger partial charge in [-0.2, -0.15) is 0 Å². The van der Waals surface area contributed by atoms with Gasteiger partial charge in [-0.1, -0.05) is 15.9 Å². The molecule has 1 unspecified atom stereocenters. The molecule has 0 radical (unpaired) electrons. The maximum absolute atomic E-state index is 14.1. The molecule has 2 aromatic carbocycles. The molecule has 1 aliphatic heterocycles. The fraction of sp³-hybridized carbons (Fsp3) is 0.263. The van der Waals surface area contributed by atoms with Gasteiger partial charge in [0.25, 0.3) is 5.91 Å². The minimum atomic E-state index is -0.618. The molecule has 1 aliphatic rings. The predicted octanol–water partition coefficient (Wildman–Crippen LogP) is 3.84. The lowest BCUT2D eigenvalue weighted by molar-refractivity contribution is -0.119. The monoisotopic (exact) mass is 420 g/mol. The van der Waals surface area contributed by atoms with Crippen LogP contribution in [0.5, 0.6) is 5.75 Å². The number of anilines is 1. The summed E-state index contributed by atoms with van der Waals surface area (Å²) in [5.74, 6) is -0.669. The standard InChI is InChI=1S/C19H18BrFN2O3/c1-26-14-7-5-13(6-8-14)22-18(24)17-3-2-10-23(17)19(25)15-9-4-12(20)11-16(15)21/h4-9,11,17H,2-3,10H2,1H3,(H,22,24). The number of hydrogen-bond acceptors (Lipinski definition) is 3. The number of hydrogen-bond donors (Lipinski definition) is 1. The lowest BCUT2D eigenvalue weighted by atomic mass is 10.1. The van der Waals surface area contributed by atoms with E-state index in [9.17, 15) is 14.0 Å². The van der Waals surface area contributed by atoms with Crippen LogP contribution in [-0.2, 0) is 4.79 Å². The summed E-state index contributed by atoms with van der Waals surface area (Å²) >= 11 is 3.17. The minimum absolute atomic E-state index is 0.0302. The van der Waals surface area contributed by atoms with E-state index in [0.29, 0.717) is 35.3 Å². The largest absolute Gasteiger partial charge is 0.497 e. The van der Waals surface area contributed by atoms with Crippen LogP contribution in [0.1, 0.15) is 23.2 Å². The number of benzene rings is 2. The maximum Gasteiger partial charge on any atom is 0.257 e. The molecule has 0 saturated carbocycles. The number of ether oxygens (including phenoxy) is 1. The van der Waals surface area contributed by atoms with Gasteiger partial charge in [-0.25, -0.2) is 4.39 Å². The minimum Gasteiger partial charge on any atom is -0.497 e. The third-order valence-corrected chi connectivity index (χ3v) is 4.83. The second-order valence-electron chi connectivity index (χ2n) is 6.00. The van der Waals surface area contributed by atoms with E-state index in [4.69, 9.17) is 4.74 Å². The Morgan fingerprint density at radius 2 is 1.96 bits per heavy atom. The average Bonchev–Trinajstić information content (AvgIpc) is 3.12. The number of rotatable bonds is 4. The van der Waals surface area contributed by atoms with Crippen LogP contribution in [0.4, 0.5) is 10.1 Å². The van der Waals surface area contributed by atoms with Crippen LogP contribution in [-0.4, -0.2) is 36.4 Å². The fourth-order valence-electron chi connectivity index (χ4n) is 3.00. The Morgan fingerprint density at radius 1 is 1.23 bits per heavy atom. The van der Waals surface area contributed by atoms with E-state index in [-0.39, 0.29) is 11.5 Å². The van der Waals surface area contributed by atoms with Crippen molar-refractivity contribution in [1.82, 2.24) is 4.90 Å². The summed E-state index contributed by atoms with van der Waals surface area (Å²) in [4.78, 5) is 26.8. The van der Waals surface area contributed by atoms with Gasteiger partial charge in [0.2, 0.25) is 5.91 Å². The summed E-state index contributed by atoms with van der Waals surface area (Å²) in [6.07, 6.45) is 1.25. The lowest BCUT2D eigenvalue weighted by Gasteiger charge is -2.24. The van der Waals surface area contributed by atoms with Crippen molar-refractivity contribution in [2.24, 2.45) is 0 Å². The number of halogens is 2. The molecule has 1 saturated heterocycles. The van der Waals surface area contributed by atoms with Gasteiger partial charge >= 0.3 is 0 Å². The molecule has 1 atom stereocenters. The second kappa shape index (κ2) is 7.86. The molecule has 0 spiro atoms. The maximum atomic E-state index is 14.1. The van der Waals surface area contributed by atoms with Gasteiger partial charge in [-0.3, -0.25) is 9.59 Å². The molecular weight excluding hydrogens is 403 g/mol. The Bertz CT molecular complexity index is 826. The highest BCUT2D eigenvalue weighted by atomic mass is 79.9. The van der Waals surface area contributed by atoms with Crippen LogP contribution in [0.3, 0.4) is 0 Å². The zero-order chi connectivity index (χ0) is 18.7. The SMILES string of the molecule is COc1ccc(NC(=O)C2CCCN2C(=O)c2ccc(Br)cc2F)cc1. The first kappa shape index (κ1) is 18.4. The highest BCUT2D eigenvalue weighted by Crippen LogP contribution is 2.24. The zero-order valence-corrected chi connectivity index (χ0v) is 15.8. The molecule has 0 aliphatic carbocycles. The van der Waals surface area contributed by atoms with E-state index >= 15 is 0 Å². The first-order valence-corrected chi connectivity index (χ1v) is 9.00. The summed E-state index contributed by atoms with van der Waals surface area (Å²) in [6, 6.07) is 10.6. The first-order chi connectivity index (χ1) is 12.5. The van der Waals surface area contributed by atoms with Crippen molar-refractivity contribution in [2.45, 2.75) is 18.9 Å². The number of likely N-dealkylation sites (tertiary alicyclic amines) is 1. The van der Waals surface area contributed by atoms with E-state index in [2.05, 4.69) is 21.2 Å². The molecule has 1 heterocycles. The number of methoxy groups -OCH3 is 1. The smallest absolute Gasteiger partial charge is 0.257 e. The van der Waals surface area contributed by atoms with Crippen molar-refractivity contribution in [1.29, 1.82) is 0 Å². The Hall–Kier alpha value is -2.41. The van der Waals surface area contributed by atoms with Crippen LogP contribution >= 0.6 is 15.9 Å². The average molecular weight is 421 g/mol. The van der Waals surface area contributed by atoms with E-state index < -0.39 is 17.8 Å². The van der Waals surface area contributed by atoms with Crippen LogP contribution < -0.4 is 10.1 Å². The summed E-state index contributed by atoms with van der Waals surface area (Å²) < 4.78 is 19.8. The van der Waals surface area contributed by atoms with E-state index in [0.717, 1.165) is 0 Å². The van der Waals surface area contributed by atoms with E-state index in [1.165, 1.54) is 17.0 Å². The van der Waals surface area contributed by atoms with Gasteiger partial charge in [-0.15, -0.1) is 0 Å². The fourth-order valence-corrected chi connectivity index (χ4v) is 3.33. The molecular formula is C19H18BrFN2O3. The van der Waals surface area contributed by atoms with Gasteiger partial charge in [0, 0.05) is 16.7 Å². The number of carbonyl (C=O) groups is 2. The normalized spacial score (nSPS) is 16.4. The molecule has 136 valence electrons. The van der Waals surface area contributed by atoms with Gasteiger partial charge in [0.1, 0.15) is 17.6 Å². The number of carbonyl (C=O) groups excluding carboxylic acids is 2. The zero-order valence-electron chi connectivity index (χ0n) is 14.2. The molecule has 2 aromatic rings. The quantitative estimate of drug-likeness (QED) is 0.817. The third-order valence-electron chi connectivity index (χ3n) is 4.34. The summed E-state index contributed by atoms with van der Waals surface area (Å²) in [5.41, 5.74) is 0.585. The first-order valence-electron chi connectivity index (χ1n) is 8.20. The van der Waals surface area contributed by atoms with Crippen LogP contribution in [0.2, 0.25) is 0 Å². The van der Waals surface area contributed by atoms with Crippen LogP contribution in [0, 0.1) is 5.82 Å². The Kier molecular flexibility index (Phi) is 5.56. The summed E-state index contributed by atoms with van der Waals surface area (Å²) in [7, 11) is 1.57. The van der Waals surface area contributed by atoms with E-state index in [1.54, 1.807) is 37.4 Å². The van der Waals surface area contributed by atoms with Crippen LogP contribution in [0.15, 0.2) is 46.9 Å². The molecule has 2 amide bonds. The van der Waals surface area contributed by atoms with Gasteiger partial charge in [-0.05, 0) is 55.3 Å². The van der Waals surface area contributed by atoms with Crippen molar-refractivity contribution >= 4 is 33.4 Å². The van der Waals surface area contributed by atoms with Crippen molar-refractivity contribution in [3.05, 3.63) is 58.3 Å². The molecule has 0 aromatic heterocycles. The Morgan fingerprint density at radius 3 is 2.62 bits per heavy atom. The number of amides is 2. The van der Waals surface area contributed by atoms with Crippen LogP contribution in [0.25, 0.3) is 0 Å². The molecule has 5 nitrogen and oxygen atoms in total. The van der Waals surface area contributed by atoms with Crippen molar-refractivity contribution < 1.29 is 18.7 Å². The lowest BCUT2D eigenvalue weighted by Crippen LogP contribution is -2.43. The van der Waals surface area contributed by atoms with Gasteiger partial charge < -0.3 is 15.0 Å². The summed E-state index contributed by atoms with van der Waals surface area (Å²) in [6.45, 7) is 0.426. The Balaban J connectivity index is 1.74. The second-order valence-corrected chi connectivity index (χ2v) is 6.91. The Labute approximate surface area is 159 Å². The number of nitrogens with zero attached hydrogens (tertiary/aromatic N) is 1. The molecule has 0 bridgehead atoms. The number of nitrogens with one attached hydrogen (secondary N) is 1. The van der Waals surface area contributed by atoms with Crippen molar-refractivity contribution in [3.8, 4) is 5.75 Å². The molecule has 1 N–H and O–H groups in total. The van der Waals surface area contributed by atoms with Gasteiger partial charge in [0.15, 0.2) is 0 Å². The van der Waals surface area contributed by atoms with Crippen molar-refractivity contribution in [2.75, 3.05) is 19.0 Å². The van der Waals surface area contributed by atoms with Gasteiger partial charge in [0.05, 0.1) is 12.7 Å². The molecule has 7 heteroatoms. The topological polar surface area (TPSA) is 58.6 Å². The highest BCUT2D eigenvalue weighted by molar-refractivity contribution is 9.10. The summed E-state index contributed by atoms with van der Waals surface area (Å²) in [5, 5.41) is 2.81. The molecule has 26 heavy (non-hydrogen) atoms. The molecule has 1 fully saturated rings. The van der Waals surface area contributed by atoms with Crippen molar-refractivity contribution in [3.63, 3.8) is 0 Å². The molecule has 3 rings (SSSR count). The highest BCUT2D eigenvalue weighted by Gasteiger charge is 2.35. The van der Waals surface area contributed by atoms with E-state index in [1.807, 2.05) is 0 Å². The third kappa shape index (κ3) is 3.88. The predicted molar refractivity (Wildman–Crippen MR) is 99.8 cm³/mol.